The number of hydrogen-bond acceptors (Lipinski definition) is 4. The molecule has 1 fully saturated rings. The molecule has 138 valence electrons. The minimum Gasteiger partial charge on any atom is -0.348 e. The van der Waals surface area contributed by atoms with Crippen molar-refractivity contribution >= 4 is 21.7 Å². The van der Waals surface area contributed by atoms with Crippen molar-refractivity contribution in [3.63, 3.8) is 0 Å². The molecule has 1 heterocycles. The molecule has 2 atom stereocenters. The van der Waals surface area contributed by atoms with Gasteiger partial charge in [-0.2, -0.15) is 0 Å². The van der Waals surface area contributed by atoms with Crippen LogP contribution in [0.15, 0.2) is 24.3 Å². The molecule has 2 amide bonds. The van der Waals surface area contributed by atoms with Gasteiger partial charge in [0.15, 0.2) is 9.84 Å². The number of halogens is 1. The van der Waals surface area contributed by atoms with Crippen molar-refractivity contribution < 1.29 is 22.4 Å². The van der Waals surface area contributed by atoms with E-state index < -0.39 is 39.0 Å². The molecular formula is C17H23FN2O4S. The van der Waals surface area contributed by atoms with Crippen LogP contribution in [0, 0.1) is 11.7 Å². The Balaban J connectivity index is 2.08. The molecule has 0 spiro atoms. The van der Waals surface area contributed by atoms with Crippen LogP contribution in [-0.4, -0.2) is 43.3 Å². The Morgan fingerprint density at radius 3 is 2.28 bits per heavy atom. The van der Waals surface area contributed by atoms with Gasteiger partial charge in [-0.3, -0.25) is 9.59 Å². The Hall–Kier alpha value is -1.96. The largest absolute Gasteiger partial charge is 0.348 e. The van der Waals surface area contributed by atoms with E-state index in [0.29, 0.717) is 6.42 Å². The van der Waals surface area contributed by atoms with Crippen molar-refractivity contribution in [1.82, 2.24) is 10.6 Å². The lowest BCUT2D eigenvalue weighted by molar-refractivity contribution is -0.125. The van der Waals surface area contributed by atoms with Gasteiger partial charge in [-0.25, -0.2) is 12.8 Å². The average molecular weight is 370 g/mol. The summed E-state index contributed by atoms with van der Waals surface area (Å²) >= 11 is 0. The Labute approximate surface area is 147 Å². The van der Waals surface area contributed by atoms with Crippen molar-refractivity contribution in [3.05, 3.63) is 35.6 Å². The van der Waals surface area contributed by atoms with Crippen molar-refractivity contribution in [2.75, 3.05) is 11.5 Å². The molecule has 1 saturated heterocycles. The van der Waals surface area contributed by atoms with Gasteiger partial charge in [0, 0.05) is 5.56 Å². The molecule has 0 bridgehead atoms. The number of carbonyl (C=O) groups is 2. The summed E-state index contributed by atoms with van der Waals surface area (Å²) < 4.78 is 36.3. The van der Waals surface area contributed by atoms with Gasteiger partial charge in [0.25, 0.3) is 5.91 Å². The molecule has 8 heteroatoms. The van der Waals surface area contributed by atoms with Crippen LogP contribution in [0.2, 0.25) is 0 Å². The molecule has 1 aromatic carbocycles. The smallest absolute Gasteiger partial charge is 0.251 e. The highest BCUT2D eigenvalue weighted by Gasteiger charge is 2.41. The maximum absolute atomic E-state index is 13.0. The number of amides is 2. The summed E-state index contributed by atoms with van der Waals surface area (Å²) in [5.74, 6) is -1.64. The Morgan fingerprint density at radius 2 is 1.80 bits per heavy atom. The number of carbonyl (C=O) groups excluding carboxylic acids is 2. The lowest BCUT2D eigenvalue weighted by atomic mass is 9.98. The van der Waals surface area contributed by atoms with E-state index in [1.807, 2.05) is 0 Å². The van der Waals surface area contributed by atoms with Crippen LogP contribution in [0.25, 0.3) is 0 Å². The number of rotatable bonds is 5. The van der Waals surface area contributed by atoms with E-state index in [0.717, 1.165) is 0 Å². The maximum atomic E-state index is 13.0. The fourth-order valence-electron chi connectivity index (χ4n) is 2.85. The van der Waals surface area contributed by atoms with Gasteiger partial charge in [0.1, 0.15) is 11.9 Å². The highest BCUT2D eigenvalue weighted by molar-refractivity contribution is 7.91. The minimum atomic E-state index is -3.15. The monoisotopic (exact) mass is 370 g/mol. The second-order valence-electron chi connectivity index (χ2n) is 7.09. The fraction of sp³-hybridized carbons (Fsp3) is 0.529. The van der Waals surface area contributed by atoms with Crippen molar-refractivity contribution in [2.45, 2.75) is 38.8 Å². The zero-order chi connectivity index (χ0) is 18.8. The van der Waals surface area contributed by atoms with E-state index in [4.69, 9.17) is 0 Å². The average Bonchev–Trinajstić information content (AvgIpc) is 2.78. The Morgan fingerprint density at radius 1 is 1.20 bits per heavy atom. The quantitative estimate of drug-likeness (QED) is 0.816. The fourth-order valence-corrected chi connectivity index (χ4v) is 4.94. The van der Waals surface area contributed by atoms with Crippen molar-refractivity contribution in [3.8, 4) is 0 Å². The highest BCUT2D eigenvalue weighted by atomic mass is 32.2. The first kappa shape index (κ1) is 19.4. The molecule has 25 heavy (non-hydrogen) atoms. The summed E-state index contributed by atoms with van der Waals surface area (Å²) in [5.41, 5.74) is -0.585. The lowest BCUT2D eigenvalue weighted by Gasteiger charge is -2.29. The number of sulfone groups is 1. The summed E-state index contributed by atoms with van der Waals surface area (Å²) in [7, 11) is -3.15. The van der Waals surface area contributed by atoms with E-state index in [1.54, 1.807) is 20.8 Å². The molecule has 0 saturated carbocycles. The van der Waals surface area contributed by atoms with Crippen LogP contribution in [0.5, 0.6) is 0 Å². The first-order valence-corrected chi connectivity index (χ1v) is 9.92. The Kier molecular flexibility index (Phi) is 5.51. The highest BCUT2D eigenvalue weighted by Crippen LogP contribution is 2.23. The third-order valence-electron chi connectivity index (χ3n) is 4.27. The SMILES string of the molecule is CC(C)[C@@H](NC(=O)c1ccc(F)cc1)C(=O)N[C@]1(C)CCS(=O)(=O)C1. The second-order valence-corrected chi connectivity index (χ2v) is 9.28. The molecule has 0 aliphatic carbocycles. The van der Waals surface area contributed by atoms with Gasteiger partial charge in [0.05, 0.1) is 17.0 Å². The predicted molar refractivity (Wildman–Crippen MR) is 92.3 cm³/mol. The predicted octanol–water partition coefficient (Wildman–Crippen LogP) is 1.27. The maximum Gasteiger partial charge on any atom is 0.251 e. The van der Waals surface area contributed by atoms with Crippen LogP contribution in [-0.2, 0) is 14.6 Å². The van der Waals surface area contributed by atoms with Crippen molar-refractivity contribution in [1.29, 1.82) is 0 Å². The van der Waals surface area contributed by atoms with Gasteiger partial charge in [-0.1, -0.05) is 13.8 Å². The molecule has 2 N–H and O–H groups in total. The van der Waals surface area contributed by atoms with Crippen molar-refractivity contribution in [2.24, 2.45) is 5.92 Å². The van der Waals surface area contributed by atoms with E-state index in [-0.39, 0.29) is 23.0 Å². The minimum absolute atomic E-state index is 0.0397. The topological polar surface area (TPSA) is 92.3 Å². The van der Waals surface area contributed by atoms with Gasteiger partial charge < -0.3 is 10.6 Å². The van der Waals surface area contributed by atoms with Gasteiger partial charge >= 0.3 is 0 Å². The molecule has 0 unspecified atom stereocenters. The number of nitrogens with one attached hydrogen (secondary N) is 2. The first-order valence-electron chi connectivity index (χ1n) is 8.10. The van der Waals surface area contributed by atoms with Crippen LogP contribution in [0.1, 0.15) is 37.6 Å². The van der Waals surface area contributed by atoms with Gasteiger partial charge in [-0.05, 0) is 43.5 Å². The van der Waals surface area contributed by atoms with E-state index >= 15 is 0 Å². The third-order valence-corrected chi connectivity index (χ3v) is 6.17. The zero-order valence-electron chi connectivity index (χ0n) is 14.5. The first-order chi connectivity index (χ1) is 11.5. The number of hydrogen-bond donors (Lipinski definition) is 2. The molecule has 6 nitrogen and oxygen atoms in total. The molecule has 0 aromatic heterocycles. The summed E-state index contributed by atoms with van der Waals surface area (Å²) in [5, 5.41) is 5.41. The third kappa shape index (κ3) is 5.01. The molecule has 2 rings (SSSR count). The second kappa shape index (κ2) is 7.11. The van der Waals surface area contributed by atoms with Crippen LogP contribution < -0.4 is 10.6 Å². The summed E-state index contributed by atoms with van der Waals surface area (Å²) in [6, 6.07) is 4.20. The van der Waals surface area contributed by atoms with E-state index in [1.165, 1.54) is 24.3 Å². The molecule has 1 aliphatic heterocycles. The Bertz CT molecular complexity index is 761. The summed E-state index contributed by atoms with van der Waals surface area (Å²) in [6.45, 7) is 5.25. The van der Waals surface area contributed by atoms with Crippen LogP contribution in [0.4, 0.5) is 4.39 Å². The lowest BCUT2D eigenvalue weighted by Crippen LogP contribution is -2.56. The van der Waals surface area contributed by atoms with Gasteiger partial charge in [-0.15, -0.1) is 0 Å². The summed E-state index contributed by atoms with van der Waals surface area (Å²) in [4.78, 5) is 24.9. The number of benzene rings is 1. The van der Waals surface area contributed by atoms with Crippen LogP contribution >= 0.6 is 0 Å². The van der Waals surface area contributed by atoms with Gasteiger partial charge in [0.2, 0.25) is 5.91 Å². The van der Waals surface area contributed by atoms with E-state index in [9.17, 15) is 22.4 Å². The summed E-state index contributed by atoms with van der Waals surface area (Å²) in [6.07, 6.45) is 0.345. The van der Waals surface area contributed by atoms with E-state index in [2.05, 4.69) is 10.6 Å². The molecular weight excluding hydrogens is 347 g/mol. The molecule has 0 radical (unpaired) electrons. The zero-order valence-corrected chi connectivity index (χ0v) is 15.3. The molecule has 1 aromatic rings. The normalized spacial score (nSPS) is 23.2. The molecule has 1 aliphatic rings. The van der Waals surface area contributed by atoms with Crippen LogP contribution in [0.3, 0.4) is 0 Å². The standard InChI is InChI=1S/C17H23FN2O4S/c1-11(2)14(19-15(21)12-4-6-13(18)7-5-12)16(22)20-17(3)8-9-25(23,24)10-17/h4-7,11,14H,8-10H2,1-3H3,(H,19,21)(H,20,22)/t14-,17-/m1/s1.